The smallest absolute Gasteiger partial charge is 0.317 e. The lowest BCUT2D eigenvalue weighted by molar-refractivity contribution is 0.0222. The third-order valence-corrected chi connectivity index (χ3v) is 8.49. The molecule has 2 fully saturated rings. The number of urea groups is 1. The molecule has 0 atom stereocenters. The number of hydrogen-bond acceptors (Lipinski definition) is 5. The number of halogens is 2. The Kier molecular flexibility index (Phi) is 11.2. The predicted molar refractivity (Wildman–Crippen MR) is 157 cm³/mol. The quantitative estimate of drug-likeness (QED) is 0.406. The number of ether oxygens (including phenoxy) is 1. The van der Waals surface area contributed by atoms with Gasteiger partial charge in [0, 0.05) is 31.4 Å². The Balaban J connectivity index is 0.00000253. The van der Waals surface area contributed by atoms with Gasteiger partial charge in [0.15, 0.2) is 0 Å². The summed E-state index contributed by atoms with van der Waals surface area (Å²) in [5, 5.41) is 2.73. The van der Waals surface area contributed by atoms with Crippen molar-refractivity contribution in [1.29, 1.82) is 0 Å². The highest BCUT2D eigenvalue weighted by Crippen LogP contribution is 2.50. The molecule has 0 aromatic heterocycles. The van der Waals surface area contributed by atoms with E-state index in [0.717, 1.165) is 44.1 Å². The number of nitrogens with two attached hydrogens (primary N) is 1. The van der Waals surface area contributed by atoms with Gasteiger partial charge < -0.3 is 20.7 Å². The van der Waals surface area contributed by atoms with E-state index in [2.05, 4.69) is 22.2 Å². The zero-order chi connectivity index (χ0) is 25.8. The van der Waals surface area contributed by atoms with Crippen molar-refractivity contribution < 1.29 is 17.9 Å². The number of benzene rings is 2. The van der Waals surface area contributed by atoms with Crippen molar-refractivity contribution >= 4 is 46.6 Å². The summed E-state index contributed by atoms with van der Waals surface area (Å²) in [6.45, 7) is 1.40. The molecule has 38 heavy (non-hydrogen) atoms. The van der Waals surface area contributed by atoms with Crippen LogP contribution in [0.5, 0.6) is 11.5 Å². The van der Waals surface area contributed by atoms with Crippen LogP contribution in [0.15, 0.2) is 48.5 Å². The summed E-state index contributed by atoms with van der Waals surface area (Å²) in [6.07, 6.45) is 9.59. The second kappa shape index (κ2) is 13.2. The number of sulfonamides is 1. The predicted octanol–water partition coefficient (Wildman–Crippen LogP) is 5.32. The maximum absolute atomic E-state index is 12.1. The van der Waals surface area contributed by atoms with Crippen LogP contribution in [0.2, 0.25) is 0 Å². The van der Waals surface area contributed by atoms with E-state index in [1.165, 1.54) is 24.8 Å². The minimum absolute atomic E-state index is 0. The number of carbonyl (C=O) groups excluding carboxylic acids is 1. The van der Waals surface area contributed by atoms with Gasteiger partial charge in [0.05, 0.1) is 6.26 Å². The Morgan fingerprint density at radius 3 is 1.95 bits per heavy atom. The molecular weight excluding hydrogens is 547 g/mol. The van der Waals surface area contributed by atoms with Crippen LogP contribution >= 0.6 is 24.8 Å². The monoisotopic (exact) mass is 586 g/mol. The van der Waals surface area contributed by atoms with Crippen molar-refractivity contribution in [1.82, 2.24) is 10.2 Å². The summed E-state index contributed by atoms with van der Waals surface area (Å²) >= 11 is 0. The molecule has 1 aliphatic carbocycles. The van der Waals surface area contributed by atoms with E-state index in [1.807, 2.05) is 17.0 Å². The molecule has 8 nitrogen and oxygen atoms in total. The SMILES string of the molecule is CNC(=O)N1CCC(N)(C2(Cc3ccc(Oc4ccc(NS(C)(=O)=O)cc4)cc3)CCCCC2)CC1.Cl.Cl. The Bertz CT molecular complexity index is 1150. The first-order chi connectivity index (χ1) is 17.1. The zero-order valence-corrected chi connectivity index (χ0v) is 24.5. The molecule has 2 amide bonds. The minimum atomic E-state index is -3.31. The molecule has 1 heterocycles. The number of nitrogens with one attached hydrogen (secondary N) is 2. The molecule has 1 saturated carbocycles. The Morgan fingerprint density at radius 2 is 1.45 bits per heavy atom. The van der Waals surface area contributed by atoms with Crippen LogP contribution in [0.1, 0.15) is 50.5 Å². The number of rotatable bonds is 7. The number of amides is 2. The highest BCUT2D eigenvalue weighted by molar-refractivity contribution is 7.92. The summed E-state index contributed by atoms with van der Waals surface area (Å²) < 4.78 is 31.2. The minimum Gasteiger partial charge on any atom is -0.457 e. The molecule has 0 unspecified atom stereocenters. The van der Waals surface area contributed by atoms with Gasteiger partial charge in [-0.05, 0) is 79.5 Å². The number of anilines is 1. The van der Waals surface area contributed by atoms with Crippen LogP contribution < -0.4 is 20.5 Å². The fourth-order valence-corrected chi connectivity index (χ4v) is 6.45. The molecule has 1 aliphatic heterocycles. The van der Waals surface area contributed by atoms with Gasteiger partial charge in [-0.3, -0.25) is 4.72 Å². The van der Waals surface area contributed by atoms with E-state index in [1.54, 1.807) is 31.3 Å². The Labute approximate surface area is 238 Å². The highest BCUT2D eigenvalue weighted by atomic mass is 35.5. The average molecular weight is 588 g/mol. The van der Waals surface area contributed by atoms with E-state index in [0.29, 0.717) is 24.5 Å². The van der Waals surface area contributed by atoms with Crippen molar-refractivity contribution in [2.45, 2.75) is 56.9 Å². The summed E-state index contributed by atoms with van der Waals surface area (Å²) in [5.74, 6) is 1.36. The molecule has 11 heteroatoms. The van der Waals surface area contributed by atoms with E-state index in [4.69, 9.17) is 10.5 Å². The van der Waals surface area contributed by atoms with Gasteiger partial charge in [-0.15, -0.1) is 24.8 Å². The molecule has 0 bridgehead atoms. The summed E-state index contributed by atoms with van der Waals surface area (Å²) in [5.41, 5.74) is 8.67. The highest BCUT2D eigenvalue weighted by Gasteiger charge is 2.50. The van der Waals surface area contributed by atoms with E-state index >= 15 is 0 Å². The summed E-state index contributed by atoms with van der Waals surface area (Å²) in [6, 6.07) is 15.0. The molecule has 2 aromatic rings. The first kappa shape index (κ1) is 32.0. The molecule has 4 N–H and O–H groups in total. The van der Waals surface area contributed by atoms with Crippen LogP contribution in [0.25, 0.3) is 0 Å². The number of likely N-dealkylation sites (tertiary alicyclic amines) is 1. The third-order valence-electron chi connectivity index (χ3n) is 7.88. The maximum atomic E-state index is 12.1. The third kappa shape index (κ3) is 7.68. The average Bonchev–Trinajstić information content (AvgIpc) is 2.86. The van der Waals surface area contributed by atoms with Crippen LogP contribution in [0.3, 0.4) is 0 Å². The van der Waals surface area contributed by atoms with Gasteiger partial charge in [-0.2, -0.15) is 0 Å². The van der Waals surface area contributed by atoms with Crippen LogP contribution in [0.4, 0.5) is 10.5 Å². The second-order valence-corrected chi connectivity index (χ2v) is 12.1. The molecular formula is C27H40Cl2N4O4S. The standard InChI is InChI=1S/C27H38N4O4S.2ClH/c1-29-25(32)31-18-16-27(28,17-19-31)26(14-4-3-5-15-26)20-21-6-10-23(11-7-21)35-24-12-8-22(9-13-24)30-36(2,33)34;;/h6-13,30H,3-5,14-20,28H2,1-2H3,(H,29,32);2*1H. The maximum Gasteiger partial charge on any atom is 0.317 e. The fourth-order valence-electron chi connectivity index (χ4n) is 5.88. The topological polar surface area (TPSA) is 114 Å². The zero-order valence-electron chi connectivity index (χ0n) is 22.1. The first-order valence-electron chi connectivity index (χ1n) is 12.7. The van der Waals surface area contributed by atoms with Gasteiger partial charge in [-0.1, -0.05) is 31.4 Å². The van der Waals surface area contributed by atoms with Crippen molar-refractivity contribution in [2.24, 2.45) is 11.1 Å². The molecule has 4 rings (SSSR count). The van der Waals surface area contributed by atoms with Crippen LogP contribution in [-0.2, 0) is 16.4 Å². The van der Waals surface area contributed by atoms with Crippen molar-refractivity contribution in [2.75, 3.05) is 31.1 Å². The number of hydrogen-bond donors (Lipinski definition) is 3. The van der Waals surface area contributed by atoms with Gasteiger partial charge >= 0.3 is 6.03 Å². The second-order valence-electron chi connectivity index (χ2n) is 10.4. The van der Waals surface area contributed by atoms with Crippen LogP contribution in [-0.4, -0.2) is 51.3 Å². The lowest BCUT2D eigenvalue weighted by Gasteiger charge is -2.54. The number of carbonyl (C=O) groups is 1. The first-order valence-corrected chi connectivity index (χ1v) is 14.6. The number of nitrogens with zero attached hydrogens (tertiary/aromatic N) is 1. The van der Waals surface area contributed by atoms with E-state index < -0.39 is 10.0 Å². The van der Waals surface area contributed by atoms with E-state index in [-0.39, 0.29) is 41.8 Å². The Hall–Kier alpha value is -2.20. The summed E-state index contributed by atoms with van der Waals surface area (Å²) in [4.78, 5) is 14.0. The lowest BCUT2D eigenvalue weighted by Crippen LogP contribution is -2.63. The van der Waals surface area contributed by atoms with Gasteiger partial charge in [0.25, 0.3) is 0 Å². The van der Waals surface area contributed by atoms with Crippen molar-refractivity contribution in [3.05, 3.63) is 54.1 Å². The fraction of sp³-hybridized carbons (Fsp3) is 0.519. The van der Waals surface area contributed by atoms with Gasteiger partial charge in [-0.25, -0.2) is 13.2 Å². The molecule has 212 valence electrons. The van der Waals surface area contributed by atoms with Crippen LogP contribution in [0, 0.1) is 5.41 Å². The molecule has 0 radical (unpaired) electrons. The van der Waals surface area contributed by atoms with Gasteiger partial charge in [0.2, 0.25) is 10.0 Å². The lowest BCUT2D eigenvalue weighted by atomic mass is 9.56. The van der Waals surface area contributed by atoms with Crippen molar-refractivity contribution in [3.63, 3.8) is 0 Å². The largest absolute Gasteiger partial charge is 0.457 e. The number of piperidine rings is 1. The van der Waals surface area contributed by atoms with Gasteiger partial charge in [0.1, 0.15) is 11.5 Å². The van der Waals surface area contributed by atoms with E-state index in [9.17, 15) is 13.2 Å². The molecule has 2 aromatic carbocycles. The van der Waals surface area contributed by atoms with Crippen molar-refractivity contribution in [3.8, 4) is 11.5 Å². The Morgan fingerprint density at radius 1 is 0.921 bits per heavy atom. The summed E-state index contributed by atoms with van der Waals surface area (Å²) in [7, 11) is -1.64. The normalized spacial score (nSPS) is 18.3. The molecule has 2 aliphatic rings. The molecule has 0 spiro atoms. The molecule has 1 saturated heterocycles.